The summed E-state index contributed by atoms with van der Waals surface area (Å²) in [6.45, 7) is -0.364. The summed E-state index contributed by atoms with van der Waals surface area (Å²) in [5.74, 6) is -0.507. The topological polar surface area (TPSA) is 130 Å². The number of benzene rings is 3. The Morgan fingerprint density at radius 3 is 2.58 bits per heavy atom. The van der Waals surface area contributed by atoms with E-state index >= 15 is 0 Å². The van der Waals surface area contributed by atoms with Gasteiger partial charge in [-0.3, -0.25) is 14.9 Å². The molecule has 3 aromatic carbocycles. The third-order valence-electron chi connectivity index (χ3n) is 4.53. The van der Waals surface area contributed by atoms with Gasteiger partial charge in [-0.2, -0.15) is 0 Å². The first-order chi connectivity index (χ1) is 15.0. The third kappa shape index (κ3) is 4.25. The summed E-state index contributed by atoms with van der Waals surface area (Å²) in [6.07, 6.45) is 0. The summed E-state index contributed by atoms with van der Waals surface area (Å²) in [4.78, 5) is 25.3. The number of aromatic nitrogens is 1. The molecule has 0 spiro atoms. The second-order valence-electron chi connectivity index (χ2n) is 6.55. The van der Waals surface area contributed by atoms with Crippen molar-refractivity contribution in [2.24, 2.45) is 10.2 Å². The number of aromatic hydroxyl groups is 1. The number of nitrogens with zero attached hydrogens (tertiary/aromatic N) is 3. The Bertz CT molecular complexity index is 1300. The smallest absolute Gasteiger partial charge is 0.302 e. The van der Waals surface area contributed by atoms with Gasteiger partial charge < -0.3 is 14.8 Å². The molecule has 0 radical (unpaired) electrons. The van der Waals surface area contributed by atoms with Gasteiger partial charge in [0.05, 0.1) is 10.4 Å². The van der Waals surface area contributed by atoms with E-state index in [-0.39, 0.29) is 29.2 Å². The first-order valence-corrected chi connectivity index (χ1v) is 9.24. The van der Waals surface area contributed by atoms with Gasteiger partial charge in [0, 0.05) is 23.1 Å². The Kier molecular flexibility index (Phi) is 5.39. The molecular weight excluding hydrogens is 400 g/mol. The Hall–Kier alpha value is -4.53. The van der Waals surface area contributed by atoms with E-state index in [0.29, 0.717) is 11.3 Å². The minimum absolute atomic E-state index is 0.0586. The van der Waals surface area contributed by atoms with Gasteiger partial charge in [-0.05, 0) is 17.7 Å². The van der Waals surface area contributed by atoms with Crippen LogP contribution in [0.25, 0.3) is 22.0 Å². The number of nitrogens with one attached hydrogen (secondary N) is 1. The quantitative estimate of drug-likeness (QED) is 0.255. The van der Waals surface area contributed by atoms with E-state index in [1.165, 1.54) is 18.2 Å². The Morgan fingerprint density at radius 1 is 1.06 bits per heavy atom. The molecule has 0 unspecified atom stereocenters. The average Bonchev–Trinajstić information content (AvgIpc) is 3.11. The zero-order chi connectivity index (χ0) is 21.8. The number of non-ortho nitro benzene ring substituents is 1. The van der Waals surface area contributed by atoms with E-state index in [9.17, 15) is 20.0 Å². The van der Waals surface area contributed by atoms with Crippen molar-refractivity contribution in [1.29, 1.82) is 0 Å². The van der Waals surface area contributed by atoms with Crippen molar-refractivity contribution in [1.82, 2.24) is 4.98 Å². The number of hydrogen-bond donors (Lipinski definition) is 2. The number of ether oxygens (including phenoxy) is 1. The standard InChI is InChI=1S/C22H16N4O5/c27-20(13-31-19-9-5-4-8-16(19)14-6-2-1-3-7-14)24-25-21-17-12-15(26(29)30)10-11-18(17)23-22(21)28/h1-12,23,28H,13H2. The summed E-state index contributed by atoms with van der Waals surface area (Å²) in [5.41, 5.74) is 1.97. The lowest BCUT2D eigenvalue weighted by molar-refractivity contribution is -0.384. The van der Waals surface area contributed by atoms with Crippen LogP contribution < -0.4 is 4.74 Å². The number of nitro benzene ring substituents is 1. The number of amides is 1. The summed E-state index contributed by atoms with van der Waals surface area (Å²) < 4.78 is 5.63. The molecule has 4 rings (SSSR count). The number of fused-ring (bicyclic) bond motifs is 1. The molecule has 0 aliphatic carbocycles. The molecule has 2 N–H and O–H groups in total. The molecule has 1 amide bonds. The van der Waals surface area contributed by atoms with Crippen LogP contribution in [0.1, 0.15) is 0 Å². The molecule has 0 bridgehead atoms. The summed E-state index contributed by atoms with van der Waals surface area (Å²) in [6, 6.07) is 20.9. The number of rotatable bonds is 6. The van der Waals surface area contributed by atoms with Crippen LogP contribution in [0.2, 0.25) is 0 Å². The Balaban J connectivity index is 1.51. The minimum Gasteiger partial charge on any atom is -0.493 e. The second-order valence-corrected chi connectivity index (χ2v) is 6.55. The maximum Gasteiger partial charge on any atom is 0.302 e. The molecule has 0 saturated heterocycles. The molecule has 154 valence electrons. The lowest BCUT2D eigenvalue weighted by Crippen LogP contribution is -2.08. The third-order valence-corrected chi connectivity index (χ3v) is 4.53. The summed E-state index contributed by atoms with van der Waals surface area (Å²) in [7, 11) is 0. The number of nitro groups is 1. The van der Waals surface area contributed by atoms with Gasteiger partial charge in [0.15, 0.2) is 12.3 Å². The van der Waals surface area contributed by atoms with Crippen LogP contribution in [-0.4, -0.2) is 27.5 Å². The van der Waals surface area contributed by atoms with Crippen LogP contribution in [0.4, 0.5) is 11.4 Å². The molecule has 9 heteroatoms. The fourth-order valence-electron chi connectivity index (χ4n) is 3.09. The van der Waals surface area contributed by atoms with Crippen LogP contribution in [0.5, 0.6) is 11.6 Å². The van der Waals surface area contributed by atoms with Crippen LogP contribution in [0.15, 0.2) is 83.0 Å². The maximum absolute atomic E-state index is 12.2. The molecule has 9 nitrogen and oxygen atoms in total. The van der Waals surface area contributed by atoms with Crippen molar-refractivity contribution in [2.75, 3.05) is 6.61 Å². The largest absolute Gasteiger partial charge is 0.493 e. The van der Waals surface area contributed by atoms with E-state index in [0.717, 1.165) is 11.1 Å². The highest BCUT2D eigenvalue weighted by Gasteiger charge is 2.15. The van der Waals surface area contributed by atoms with Crippen molar-refractivity contribution < 1.29 is 19.6 Å². The number of H-pyrrole nitrogens is 1. The predicted octanol–water partition coefficient (Wildman–Crippen LogP) is 5.14. The van der Waals surface area contributed by atoms with E-state index in [1.807, 2.05) is 42.5 Å². The van der Waals surface area contributed by atoms with E-state index in [2.05, 4.69) is 15.2 Å². The maximum atomic E-state index is 12.2. The molecule has 4 aromatic rings. The molecule has 0 aliphatic heterocycles. The fraction of sp³-hybridized carbons (Fsp3) is 0.0455. The van der Waals surface area contributed by atoms with Crippen molar-refractivity contribution in [3.63, 3.8) is 0 Å². The molecule has 1 heterocycles. The van der Waals surface area contributed by atoms with Gasteiger partial charge >= 0.3 is 5.91 Å². The van der Waals surface area contributed by atoms with Crippen molar-refractivity contribution >= 4 is 28.2 Å². The van der Waals surface area contributed by atoms with Crippen molar-refractivity contribution in [2.45, 2.75) is 0 Å². The highest BCUT2D eigenvalue weighted by Crippen LogP contribution is 2.37. The zero-order valence-electron chi connectivity index (χ0n) is 16.1. The van der Waals surface area contributed by atoms with Crippen molar-refractivity contribution in [3.8, 4) is 22.8 Å². The minimum atomic E-state index is -0.679. The van der Waals surface area contributed by atoms with Gasteiger partial charge in [-0.15, -0.1) is 10.2 Å². The van der Waals surface area contributed by atoms with Gasteiger partial charge in [-0.1, -0.05) is 48.5 Å². The second kappa shape index (κ2) is 8.46. The molecule has 0 atom stereocenters. The normalized spacial score (nSPS) is 11.1. The van der Waals surface area contributed by atoms with E-state index < -0.39 is 10.8 Å². The van der Waals surface area contributed by atoms with Gasteiger partial charge in [0.2, 0.25) is 5.88 Å². The van der Waals surface area contributed by atoms with Gasteiger partial charge in [0.1, 0.15) is 5.75 Å². The average molecular weight is 416 g/mol. The van der Waals surface area contributed by atoms with Gasteiger partial charge in [-0.25, -0.2) is 0 Å². The number of para-hydroxylation sites is 1. The number of aromatic amines is 1. The SMILES string of the molecule is O=C(COc1ccccc1-c1ccccc1)N=Nc1c(O)[nH]c2ccc([N+](=O)[O-])cc12. The molecule has 0 aliphatic rings. The van der Waals surface area contributed by atoms with Crippen molar-refractivity contribution in [3.05, 3.63) is 82.9 Å². The first kappa shape index (κ1) is 19.8. The van der Waals surface area contributed by atoms with Gasteiger partial charge in [0.25, 0.3) is 5.69 Å². The highest BCUT2D eigenvalue weighted by atomic mass is 16.6. The lowest BCUT2D eigenvalue weighted by Gasteiger charge is -2.10. The molecule has 0 saturated carbocycles. The van der Waals surface area contributed by atoms with Crippen LogP contribution in [0, 0.1) is 10.1 Å². The van der Waals surface area contributed by atoms with E-state index in [1.54, 1.807) is 12.1 Å². The van der Waals surface area contributed by atoms with Crippen LogP contribution in [0.3, 0.4) is 0 Å². The molecule has 1 aromatic heterocycles. The first-order valence-electron chi connectivity index (χ1n) is 9.24. The fourth-order valence-corrected chi connectivity index (χ4v) is 3.09. The van der Waals surface area contributed by atoms with Crippen LogP contribution >= 0.6 is 0 Å². The zero-order valence-corrected chi connectivity index (χ0v) is 16.1. The number of carbonyl (C=O) groups excluding carboxylic acids is 1. The number of carbonyl (C=O) groups is 1. The number of hydrogen-bond acceptors (Lipinski definition) is 6. The van der Waals surface area contributed by atoms with E-state index in [4.69, 9.17) is 4.74 Å². The predicted molar refractivity (Wildman–Crippen MR) is 114 cm³/mol. The Labute approximate surface area is 175 Å². The number of azo groups is 1. The monoisotopic (exact) mass is 416 g/mol. The lowest BCUT2D eigenvalue weighted by atomic mass is 10.1. The molecule has 0 fully saturated rings. The summed E-state index contributed by atoms with van der Waals surface area (Å²) in [5, 5.41) is 28.6. The molecule has 31 heavy (non-hydrogen) atoms. The molecular formula is C22H16N4O5. The Morgan fingerprint density at radius 2 is 1.81 bits per heavy atom. The van der Waals surface area contributed by atoms with Crippen LogP contribution in [-0.2, 0) is 4.79 Å². The highest BCUT2D eigenvalue weighted by molar-refractivity contribution is 5.95. The summed E-state index contributed by atoms with van der Waals surface area (Å²) >= 11 is 0.